The largest absolute Gasteiger partial charge is 0.375 e. The van der Waals surface area contributed by atoms with E-state index in [0.29, 0.717) is 6.61 Å². The fraction of sp³-hybridized carbons (Fsp3) is 0.161. The van der Waals surface area contributed by atoms with Crippen molar-refractivity contribution in [3.8, 4) is 0 Å². The normalized spacial score (nSPS) is 11.6. The number of aromatic nitrogens is 2. The van der Waals surface area contributed by atoms with Crippen molar-refractivity contribution in [3.05, 3.63) is 109 Å². The Morgan fingerprint density at radius 2 is 0.824 bits per heavy atom. The van der Waals surface area contributed by atoms with Gasteiger partial charge in [-0.05, 0) is 36.4 Å². The average molecular weight is 445 g/mol. The van der Waals surface area contributed by atoms with Crippen LogP contribution in [-0.4, -0.2) is 13.2 Å². The molecule has 166 valence electrons. The van der Waals surface area contributed by atoms with Crippen LogP contribution in [0.15, 0.2) is 109 Å². The van der Waals surface area contributed by atoms with Gasteiger partial charge in [0.05, 0.1) is 6.61 Å². The summed E-state index contributed by atoms with van der Waals surface area (Å²) in [6, 6.07) is 39.0. The molecule has 3 heteroatoms. The summed E-state index contributed by atoms with van der Waals surface area (Å²) in [4.78, 5) is 0. The van der Waals surface area contributed by atoms with E-state index < -0.39 is 0 Å². The highest BCUT2D eigenvalue weighted by Gasteiger charge is 2.16. The van der Waals surface area contributed by atoms with Gasteiger partial charge in [-0.3, -0.25) is 0 Å². The molecule has 0 radical (unpaired) electrons. The van der Waals surface area contributed by atoms with Crippen molar-refractivity contribution in [2.45, 2.75) is 19.5 Å². The maximum atomic E-state index is 6.15. The lowest BCUT2D eigenvalue weighted by Gasteiger charge is -2.08. The molecule has 0 unspecified atom stereocenters. The number of aryl methyl sites for hydroxylation is 1. The minimum absolute atomic E-state index is 0.698. The van der Waals surface area contributed by atoms with Gasteiger partial charge in [-0.15, -0.1) is 0 Å². The van der Waals surface area contributed by atoms with Crippen LogP contribution in [0.1, 0.15) is 6.42 Å². The summed E-state index contributed by atoms with van der Waals surface area (Å²) in [5, 5.41) is 5.09. The van der Waals surface area contributed by atoms with Crippen LogP contribution in [0.3, 0.4) is 0 Å². The Morgan fingerprint density at radius 3 is 1.26 bits per heavy atom. The maximum absolute atomic E-state index is 6.15. The Balaban J connectivity index is 1.16. The lowest BCUT2D eigenvalue weighted by molar-refractivity contribution is -0.649. The van der Waals surface area contributed by atoms with Gasteiger partial charge < -0.3 is 4.74 Å². The summed E-state index contributed by atoms with van der Waals surface area (Å²) in [6.45, 7) is 3.22. The summed E-state index contributed by atoms with van der Waals surface area (Å²) < 4.78 is 11.0. The van der Waals surface area contributed by atoms with Crippen molar-refractivity contribution in [2.24, 2.45) is 0 Å². The molecule has 0 aliphatic heterocycles. The second-order valence-electron chi connectivity index (χ2n) is 8.79. The molecule has 34 heavy (non-hydrogen) atoms. The number of hydrogen-bond donors (Lipinski definition) is 0. The lowest BCUT2D eigenvalue weighted by Crippen LogP contribution is -2.38. The van der Waals surface area contributed by atoms with E-state index in [1.54, 1.807) is 0 Å². The van der Waals surface area contributed by atoms with Gasteiger partial charge >= 0.3 is 0 Å². The third-order valence-corrected chi connectivity index (χ3v) is 6.66. The molecule has 4 aromatic carbocycles. The predicted octanol–water partition coefficient (Wildman–Crippen LogP) is 5.98. The number of benzene rings is 4. The molecule has 0 saturated carbocycles. The van der Waals surface area contributed by atoms with Crippen molar-refractivity contribution in [2.75, 3.05) is 13.2 Å². The smallest absolute Gasteiger partial charge is 0.213 e. The van der Waals surface area contributed by atoms with Gasteiger partial charge in [0, 0.05) is 52.2 Å². The van der Waals surface area contributed by atoms with E-state index in [9.17, 15) is 0 Å². The number of ether oxygens (including phenoxy) is 1. The van der Waals surface area contributed by atoms with Crippen molar-refractivity contribution >= 4 is 43.6 Å². The van der Waals surface area contributed by atoms with Crippen LogP contribution in [0.5, 0.6) is 0 Å². The monoisotopic (exact) mass is 444 g/mol. The van der Waals surface area contributed by atoms with Crippen molar-refractivity contribution < 1.29 is 13.9 Å². The molecule has 0 N–H and O–H groups in total. The SMILES string of the molecule is c1ccc2c(c1)cc1ccccc1[n+]2CCCOCC[n+]1c2ccccc2cc2ccccc21. The highest BCUT2D eigenvalue weighted by Crippen LogP contribution is 2.19. The highest BCUT2D eigenvalue weighted by molar-refractivity contribution is 5.89. The van der Waals surface area contributed by atoms with Gasteiger partial charge in [0.2, 0.25) is 22.1 Å². The Hall–Kier alpha value is -3.82. The summed E-state index contributed by atoms with van der Waals surface area (Å²) in [6.07, 6.45) is 0.976. The first-order chi connectivity index (χ1) is 16.9. The Morgan fingerprint density at radius 1 is 0.441 bits per heavy atom. The Bertz CT molecular complexity index is 1390. The van der Waals surface area contributed by atoms with Gasteiger partial charge in [-0.1, -0.05) is 48.5 Å². The molecule has 0 atom stereocenters. The summed E-state index contributed by atoms with van der Waals surface area (Å²) in [5.41, 5.74) is 5.06. The molecule has 0 aliphatic rings. The minimum Gasteiger partial charge on any atom is -0.375 e. The first-order valence-corrected chi connectivity index (χ1v) is 12.1. The molecule has 0 bridgehead atoms. The van der Waals surface area contributed by atoms with Crippen molar-refractivity contribution in [1.82, 2.24) is 0 Å². The van der Waals surface area contributed by atoms with E-state index in [4.69, 9.17) is 4.74 Å². The second-order valence-corrected chi connectivity index (χ2v) is 8.79. The molecule has 2 aromatic heterocycles. The third-order valence-electron chi connectivity index (χ3n) is 6.66. The molecule has 3 nitrogen and oxygen atoms in total. The van der Waals surface area contributed by atoms with Crippen LogP contribution in [0.25, 0.3) is 43.6 Å². The maximum Gasteiger partial charge on any atom is 0.213 e. The first kappa shape index (κ1) is 20.8. The van der Waals surface area contributed by atoms with Gasteiger partial charge in [-0.2, -0.15) is 9.13 Å². The summed E-state index contributed by atoms with van der Waals surface area (Å²) in [5.74, 6) is 0. The third kappa shape index (κ3) is 3.89. The number of nitrogens with zero attached hydrogens (tertiary/aromatic N) is 2. The van der Waals surface area contributed by atoms with Gasteiger partial charge in [-0.25, -0.2) is 0 Å². The summed E-state index contributed by atoms with van der Waals surface area (Å²) in [7, 11) is 0. The predicted molar refractivity (Wildman–Crippen MR) is 139 cm³/mol. The van der Waals surface area contributed by atoms with Gasteiger partial charge in [0.1, 0.15) is 6.61 Å². The van der Waals surface area contributed by atoms with Crippen LogP contribution < -0.4 is 9.13 Å². The molecule has 0 saturated heterocycles. The molecule has 0 amide bonds. The number of pyridine rings is 2. The molecule has 6 aromatic rings. The molecule has 6 rings (SSSR count). The highest BCUT2D eigenvalue weighted by atomic mass is 16.5. The number of rotatable bonds is 7. The Kier molecular flexibility index (Phi) is 5.62. The zero-order valence-corrected chi connectivity index (χ0v) is 19.2. The standard InChI is InChI=1S/C31H28N2O/c1-5-14-28-24(10-1)22-25-11-2-6-15-29(25)32(28)18-9-20-34-21-19-33-30-16-7-3-12-26(30)23-27-13-4-8-17-31(27)33/h1-8,10-17,22-23H,9,18-21H2/q+2. The zero-order chi connectivity index (χ0) is 22.7. The van der Waals surface area contributed by atoms with E-state index in [1.807, 2.05) is 0 Å². The lowest BCUT2D eigenvalue weighted by atomic mass is 10.1. The fourth-order valence-corrected chi connectivity index (χ4v) is 5.08. The number of fused-ring (bicyclic) bond motifs is 4. The van der Waals surface area contributed by atoms with Crippen molar-refractivity contribution in [3.63, 3.8) is 0 Å². The van der Waals surface area contributed by atoms with E-state index >= 15 is 0 Å². The zero-order valence-electron chi connectivity index (χ0n) is 19.2. The van der Waals surface area contributed by atoms with E-state index in [2.05, 4.69) is 118 Å². The quantitative estimate of drug-likeness (QED) is 0.168. The topological polar surface area (TPSA) is 17.0 Å². The van der Waals surface area contributed by atoms with Crippen molar-refractivity contribution in [1.29, 1.82) is 0 Å². The fourth-order valence-electron chi connectivity index (χ4n) is 5.08. The number of hydrogen-bond acceptors (Lipinski definition) is 1. The van der Waals surface area contributed by atoms with E-state index in [0.717, 1.165) is 26.1 Å². The first-order valence-electron chi connectivity index (χ1n) is 12.1. The van der Waals surface area contributed by atoms with Gasteiger partial charge in [0.15, 0.2) is 13.1 Å². The van der Waals surface area contributed by atoms with Crippen LogP contribution in [0, 0.1) is 0 Å². The average Bonchev–Trinajstić information content (AvgIpc) is 2.89. The summed E-state index contributed by atoms with van der Waals surface area (Å²) >= 11 is 0. The van der Waals surface area contributed by atoms with E-state index in [1.165, 1.54) is 43.6 Å². The second kappa shape index (κ2) is 9.20. The van der Waals surface area contributed by atoms with Crippen LogP contribution in [-0.2, 0) is 17.8 Å². The van der Waals surface area contributed by atoms with Crippen LogP contribution >= 0.6 is 0 Å². The molecule has 2 heterocycles. The van der Waals surface area contributed by atoms with Gasteiger partial charge in [0.25, 0.3) is 0 Å². The number of para-hydroxylation sites is 4. The molecule has 0 fully saturated rings. The minimum atomic E-state index is 0.698. The molecular formula is C31H28N2O+2. The Labute approximate surface area is 199 Å². The van der Waals surface area contributed by atoms with Crippen LogP contribution in [0.2, 0.25) is 0 Å². The molecule has 0 spiro atoms. The van der Waals surface area contributed by atoms with Crippen LogP contribution in [0.4, 0.5) is 0 Å². The molecule has 0 aliphatic carbocycles. The van der Waals surface area contributed by atoms with E-state index in [-0.39, 0.29) is 0 Å². The molecular weight excluding hydrogens is 416 g/mol.